The number of amides is 1. The van der Waals surface area contributed by atoms with Gasteiger partial charge in [-0.2, -0.15) is 0 Å². The monoisotopic (exact) mass is 820 g/mol. The Morgan fingerprint density at radius 3 is 2.34 bits per heavy atom. The number of carbonyl (C=O) groups excluding carboxylic acids is 2. The smallest absolute Gasteiger partial charge is 0.461 e. The van der Waals surface area contributed by atoms with Gasteiger partial charge in [0.1, 0.15) is 24.7 Å². The highest BCUT2D eigenvalue weighted by Gasteiger charge is 2.35. The van der Waals surface area contributed by atoms with Crippen molar-refractivity contribution in [3.8, 4) is 5.75 Å². The summed E-state index contributed by atoms with van der Waals surface area (Å²) in [7, 11) is -6.55. The van der Waals surface area contributed by atoms with Crippen LogP contribution in [0.5, 0.6) is 5.75 Å². The molecule has 1 fully saturated rings. The SMILES string of the molecule is COP(=O)(OCC1CCCN1C(=O)OCCS(=O)(=O)c1ccccc1)Oc1ccc(COC(=O)CCCCCCCNc2ccc([N+](=O)[O-])cc2[N+](=O)[O-])cc1. The summed E-state index contributed by atoms with van der Waals surface area (Å²) >= 11 is 0. The van der Waals surface area contributed by atoms with Gasteiger partial charge in [-0.1, -0.05) is 49.6 Å². The molecule has 18 nitrogen and oxygen atoms in total. The number of anilines is 1. The number of hydrogen-bond donors (Lipinski definition) is 1. The van der Waals surface area contributed by atoms with Crippen molar-refractivity contribution in [1.82, 2.24) is 4.90 Å². The van der Waals surface area contributed by atoms with Gasteiger partial charge in [-0.05, 0) is 61.6 Å². The van der Waals surface area contributed by atoms with E-state index in [-0.39, 0.29) is 65.7 Å². The minimum Gasteiger partial charge on any atom is -0.461 e. The number of rotatable bonds is 23. The van der Waals surface area contributed by atoms with Crippen molar-refractivity contribution in [2.75, 3.05) is 44.5 Å². The average molecular weight is 821 g/mol. The lowest BCUT2D eigenvalue weighted by Crippen LogP contribution is -2.39. The number of nitro benzene ring substituents is 2. The second-order valence-corrected chi connectivity index (χ2v) is 16.5. The fourth-order valence-corrected chi connectivity index (χ4v) is 7.78. The fraction of sp³-hybridized carbons (Fsp3) is 0.444. The van der Waals surface area contributed by atoms with E-state index in [9.17, 15) is 42.8 Å². The van der Waals surface area contributed by atoms with Gasteiger partial charge in [0.25, 0.3) is 11.4 Å². The molecule has 4 rings (SSSR count). The van der Waals surface area contributed by atoms with Gasteiger partial charge >= 0.3 is 19.9 Å². The normalized spacial score (nSPS) is 15.1. The molecule has 0 radical (unpaired) electrons. The third kappa shape index (κ3) is 13.6. The number of sulfone groups is 1. The molecule has 0 aromatic heterocycles. The van der Waals surface area contributed by atoms with E-state index < -0.39 is 39.6 Å². The van der Waals surface area contributed by atoms with E-state index in [4.69, 9.17) is 23.0 Å². The lowest BCUT2D eigenvalue weighted by molar-refractivity contribution is -0.393. The highest BCUT2D eigenvalue weighted by molar-refractivity contribution is 7.91. The summed E-state index contributed by atoms with van der Waals surface area (Å²) < 4.78 is 64.9. The highest BCUT2D eigenvalue weighted by Crippen LogP contribution is 2.49. The third-order valence-electron chi connectivity index (χ3n) is 8.74. The Morgan fingerprint density at radius 2 is 1.64 bits per heavy atom. The van der Waals surface area contributed by atoms with Gasteiger partial charge in [0.05, 0.1) is 39.2 Å². The summed E-state index contributed by atoms with van der Waals surface area (Å²) in [5.74, 6) is -0.561. The zero-order valence-corrected chi connectivity index (χ0v) is 32.5. The molecule has 0 aliphatic carbocycles. The minimum absolute atomic E-state index is 0.0177. The van der Waals surface area contributed by atoms with E-state index in [1.165, 1.54) is 48.4 Å². The number of nitrogens with one attached hydrogen (secondary N) is 1. The largest absolute Gasteiger partial charge is 0.529 e. The summed E-state index contributed by atoms with van der Waals surface area (Å²) in [6.07, 6.45) is 4.48. The molecule has 304 valence electrons. The Morgan fingerprint density at radius 1 is 0.929 bits per heavy atom. The van der Waals surface area contributed by atoms with Crippen molar-refractivity contribution in [3.63, 3.8) is 0 Å². The Kier molecular flexibility index (Phi) is 16.6. The van der Waals surface area contributed by atoms with Crippen molar-refractivity contribution >= 4 is 46.8 Å². The van der Waals surface area contributed by atoms with Gasteiger partial charge in [0, 0.05) is 32.7 Å². The number of unbranched alkanes of at least 4 members (excludes halogenated alkanes) is 4. The number of ether oxygens (including phenoxy) is 2. The van der Waals surface area contributed by atoms with Gasteiger partial charge in [-0.25, -0.2) is 17.8 Å². The Balaban J connectivity index is 1.10. The predicted molar refractivity (Wildman–Crippen MR) is 203 cm³/mol. The van der Waals surface area contributed by atoms with Crippen molar-refractivity contribution < 1.29 is 55.5 Å². The first kappa shape index (κ1) is 43.6. The molecule has 1 aliphatic heterocycles. The average Bonchev–Trinajstić information content (AvgIpc) is 3.67. The lowest BCUT2D eigenvalue weighted by Gasteiger charge is -2.25. The number of likely N-dealkylation sites (tertiary alicyclic amines) is 1. The second kappa shape index (κ2) is 21.3. The van der Waals surface area contributed by atoms with Crippen molar-refractivity contribution in [1.29, 1.82) is 0 Å². The summed E-state index contributed by atoms with van der Waals surface area (Å²) in [5, 5.41) is 25.1. The lowest BCUT2D eigenvalue weighted by atomic mass is 10.1. The van der Waals surface area contributed by atoms with Crippen LogP contribution in [0.25, 0.3) is 0 Å². The zero-order chi connectivity index (χ0) is 40.6. The van der Waals surface area contributed by atoms with Crippen LogP contribution in [0.2, 0.25) is 0 Å². The quantitative estimate of drug-likeness (QED) is 0.0327. The minimum atomic E-state index is -4.10. The van der Waals surface area contributed by atoms with E-state index in [0.717, 1.165) is 25.3 Å². The van der Waals surface area contributed by atoms with Crippen LogP contribution in [0.1, 0.15) is 56.9 Å². The summed E-state index contributed by atoms with van der Waals surface area (Å²) in [6.45, 7) is 0.319. The van der Waals surface area contributed by atoms with Crippen LogP contribution in [0.3, 0.4) is 0 Å². The molecule has 3 aromatic rings. The van der Waals surface area contributed by atoms with Crippen molar-refractivity contribution in [3.05, 3.63) is 98.6 Å². The van der Waals surface area contributed by atoms with Crippen LogP contribution in [0.15, 0.2) is 77.7 Å². The summed E-state index contributed by atoms with van der Waals surface area (Å²) in [6, 6.07) is 17.2. The number of phosphoric acid groups is 1. The molecule has 0 saturated carbocycles. The van der Waals surface area contributed by atoms with E-state index in [1.807, 2.05) is 0 Å². The number of benzene rings is 3. The summed E-state index contributed by atoms with van der Waals surface area (Å²) in [5.41, 5.74) is 0.173. The van der Waals surface area contributed by atoms with Crippen LogP contribution in [0.4, 0.5) is 21.9 Å². The third-order valence-corrected chi connectivity index (χ3v) is 11.8. The number of non-ortho nitro benzene ring substituents is 1. The van der Waals surface area contributed by atoms with E-state index in [2.05, 4.69) is 5.32 Å². The van der Waals surface area contributed by atoms with Crippen molar-refractivity contribution in [2.45, 2.75) is 68.9 Å². The molecule has 1 heterocycles. The predicted octanol–water partition coefficient (Wildman–Crippen LogP) is 7.22. The molecule has 1 aliphatic rings. The molecule has 0 bridgehead atoms. The van der Waals surface area contributed by atoms with E-state index in [0.29, 0.717) is 44.3 Å². The maximum absolute atomic E-state index is 13.2. The van der Waals surface area contributed by atoms with Crippen LogP contribution >= 0.6 is 7.82 Å². The van der Waals surface area contributed by atoms with Crippen LogP contribution in [-0.4, -0.2) is 80.4 Å². The number of nitro groups is 2. The van der Waals surface area contributed by atoms with Crippen LogP contribution < -0.4 is 9.84 Å². The molecule has 1 amide bonds. The first-order valence-electron chi connectivity index (χ1n) is 17.9. The maximum atomic E-state index is 13.2. The standard InChI is InChI=1S/C36H45N4O14PS/c1-50-55(47,53-27-30-11-10-22-38(30)36(42)51-23-24-56(48,49)32-12-6-5-7-13-32)54-31-18-15-28(16-19-31)26-52-35(41)14-8-3-2-4-9-21-37-33-20-17-29(39(43)44)25-34(33)40(45)46/h5-7,12-13,15-20,25,30,37H,2-4,8-11,14,21-24,26-27H2,1H3. The molecule has 56 heavy (non-hydrogen) atoms. The topological polar surface area (TPSA) is 233 Å². The molecule has 20 heteroatoms. The van der Waals surface area contributed by atoms with Gasteiger partial charge < -0.3 is 24.2 Å². The molecule has 3 aromatic carbocycles. The van der Waals surface area contributed by atoms with E-state index in [1.54, 1.807) is 30.3 Å². The van der Waals surface area contributed by atoms with Crippen LogP contribution in [0, 0.1) is 20.2 Å². The molecule has 1 saturated heterocycles. The maximum Gasteiger partial charge on any atom is 0.529 e. The molecule has 2 unspecified atom stereocenters. The van der Waals surface area contributed by atoms with Gasteiger partial charge in [-0.15, -0.1) is 0 Å². The Hall–Kier alpha value is -5.10. The summed E-state index contributed by atoms with van der Waals surface area (Å²) in [4.78, 5) is 47.3. The van der Waals surface area contributed by atoms with Gasteiger partial charge in [0.15, 0.2) is 9.84 Å². The Labute approximate surface area is 324 Å². The zero-order valence-electron chi connectivity index (χ0n) is 30.8. The molecule has 0 spiro atoms. The first-order chi connectivity index (χ1) is 26.8. The first-order valence-corrected chi connectivity index (χ1v) is 21.0. The van der Waals surface area contributed by atoms with Gasteiger partial charge in [-0.3, -0.25) is 34.1 Å². The second-order valence-electron chi connectivity index (χ2n) is 12.7. The van der Waals surface area contributed by atoms with Crippen LogP contribution in [-0.2, 0) is 44.3 Å². The Bertz CT molecular complexity index is 1950. The molecular weight excluding hydrogens is 775 g/mol. The fourth-order valence-electron chi connectivity index (χ4n) is 5.70. The van der Waals surface area contributed by atoms with Gasteiger partial charge in [0.2, 0.25) is 0 Å². The number of hydrogen-bond acceptors (Lipinski definition) is 15. The number of esters is 1. The number of phosphoric ester groups is 1. The highest BCUT2D eigenvalue weighted by atomic mass is 32.2. The molecule has 2 atom stereocenters. The molecule has 1 N–H and O–H groups in total. The van der Waals surface area contributed by atoms with E-state index >= 15 is 0 Å². The number of nitrogens with zero attached hydrogens (tertiary/aromatic N) is 3. The number of carbonyl (C=O) groups is 2. The van der Waals surface area contributed by atoms with Crippen molar-refractivity contribution in [2.24, 2.45) is 0 Å². The molecular formula is C36H45N4O14PS.